The Bertz CT molecular complexity index is 204. The molecule has 0 fully saturated rings. The topological polar surface area (TPSA) is 43.1 Å². The second kappa shape index (κ2) is 4.09. The quantitative estimate of drug-likeness (QED) is 0.658. The van der Waals surface area contributed by atoms with Crippen LogP contribution in [0, 0.1) is 0 Å². The molecule has 0 amide bonds. The lowest BCUT2D eigenvalue weighted by molar-refractivity contribution is -0.113. The predicted molar refractivity (Wildman–Crippen MR) is 45.1 cm³/mol. The summed E-state index contributed by atoms with van der Waals surface area (Å²) >= 11 is 0. The molecule has 11 heavy (non-hydrogen) atoms. The zero-order chi connectivity index (χ0) is 8.10. The van der Waals surface area contributed by atoms with Gasteiger partial charge in [0.05, 0.1) is 0 Å². The van der Waals surface area contributed by atoms with E-state index in [9.17, 15) is 4.79 Å². The van der Waals surface area contributed by atoms with Gasteiger partial charge >= 0.3 is 0 Å². The molecule has 0 saturated heterocycles. The Hall–Kier alpha value is -0.890. The molecule has 2 N–H and O–H groups in total. The smallest absolute Gasteiger partial charge is 0.159 e. The zero-order valence-electron chi connectivity index (χ0n) is 6.55. The summed E-state index contributed by atoms with van der Waals surface area (Å²) in [6.45, 7) is 0.721. The zero-order valence-corrected chi connectivity index (χ0v) is 6.55. The lowest BCUT2D eigenvalue weighted by atomic mass is 10.0. The van der Waals surface area contributed by atoms with Crippen LogP contribution in [0.25, 0.3) is 0 Å². The van der Waals surface area contributed by atoms with Gasteiger partial charge in [-0.2, -0.15) is 0 Å². The van der Waals surface area contributed by atoms with E-state index in [0.717, 1.165) is 19.4 Å². The molecule has 60 valence electrons. The van der Waals surface area contributed by atoms with Crippen molar-refractivity contribution in [2.45, 2.75) is 19.3 Å². The molecule has 0 unspecified atom stereocenters. The first-order valence-corrected chi connectivity index (χ1v) is 3.93. The average Bonchev–Trinajstić information content (AvgIpc) is 2.04. The van der Waals surface area contributed by atoms with Gasteiger partial charge < -0.3 is 5.73 Å². The van der Waals surface area contributed by atoms with Crippen molar-refractivity contribution in [3.63, 3.8) is 0 Å². The minimum atomic E-state index is 0.196. The maximum Gasteiger partial charge on any atom is 0.159 e. The molecule has 0 heterocycles. The summed E-state index contributed by atoms with van der Waals surface area (Å²) in [4.78, 5) is 10.7. The summed E-state index contributed by atoms with van der Waals surface area (Å²) in [5.74, 6) is 0.196. The number of carbonyl (C=O) groups is 1. The standard InChI is InChI=1S/C9H13NO/c10-7-1-2-8-3-5-9(11)6-4-8/h3-5H,1-2,6-7,10H2. The lowest BCUT2D eigenvalue weighted by Gasteiger charge is -2.04. The van der Waals surface area contributed by atoms with Gasteiger partial charge in [0.15, 0.2) is 5.78 Å². The number of hydrogen-bond donors (Lipinski definition) is 1. The minimum Gasteiger partial charge on any atom is -0.330 e. The van der Waals surface area contributed by atoms with Crippen molar-refractivity contribution >= 4 is 5.78 Å². The fourth-order valence-corrected chi connectivity index (χ4v) is 1.06. The van der Waals surface area contributed by atoms with Crippen molar-refractivity contribution in [3.8, 4) is 0 Å². The van der Waals surface area contributed by atoms with Gasteiger partial charge in [-0.1, -0.05) is 17.7 Å². The van der Waals surface area contributed by atoms with E-state index in [2.05, 4.69) is 0 Å². The highest BCUT2D eigenvalue weighted by molar-refractivity contribution is 5.92. The molecule has 0 spiro atoms. The van der Waals surface area contributed by atoms with Crippen molar-refractivity contribution in [1.82, 2.24) is 0 Å². The Kier molecular flexibility index (Phi) is 3.05. The predicted octanol–water partition coefficient (Wildman–Crippen LogP) is 1.18. The Morgan fingerprint density at radius 2 is 2.27 bits per heavy atom. The highest BCUT2D eigenvalue weighted by Crippen LogP contribution is 2.12. The third-order valence-electron chi connectivity index (χ3n) is 1.72. The van der Waals surface area contributed by atoms with Gasteiger partial charge in [0, 0.05) is 6.42 Å². The molecule has 0 radical (unpaired) electrons. The molecule has 1 aliphatic carbocycles. The van der Waals surface area contributed by atoms with E-state index in [1.807, 2.05) is 12.2 Å². The first-order chi connectivity index (χ1) is 5.33. The lowest BCUT2D eigenvalue weighted by Crippen LogP contribution is -2.01. The van der Waals surface area contributed by atoms with E-state index in [1.54, 1.807) is 6.08 Å². The highest BCUT2D eigenvalue weighted by atomic mass is 16.1. The Labute approximate surface area is 66.8 Å². The second-order valence-electron chi connectivity index (χ2n) is 2.68. The van der Waals surface area contributed by atoms with Crippen LogP contribution >= 0.6 is 0 Å². The highest BCUT2D eigenvalue weighted by Gasteiger charge is 2.01. The summed E-state index contributed by atoms with van der Waals surface area (Å²) in [7, 11) is 0. The van der Waals surface area contributed by atoms with Gasteiger partial charge in [-0.25, -0.2) is 0 Å². The number of rotatable bonds is 3. The van der Waals surface area contributed by atoms with E-state index in [0.29, 0.717) is 6.42 Å². The monoisotopic (exact) mass is 151 g/mol. The molecule has 2 nitrogen and oxygen atoms in total. The molecule has 0 aliphatic heterocycles. The molecule has 0 bridgehead atoms. The molecule has 0 saturated carbocycles. The van der Waals surface area contributed by atoms with Crippen molar-refractivity contribution < 1.29 is 4.79 Å². The van der Waals surface area contributed by atoms with Crippen LogP contribution in [0.3, 0.4) is 0 Å². The van der Waals surface area contributed by atoms with Gasteiger partial charge in [-0.3, -0.25) is 4.79 Å². The molecular formula is C9H13NO. The average molecular weight is 151 g/mol. The number of ketones is 1. The summed E-state index contributed by atoms with van der Waals surface area (Å²) < 4.78 is 0. The molecule has 1 rings (SSSR count). The fourth-order valence-electron chi connectivity index (χ4n) is 1.06. The van der Waals surface area contributed by atoms with Crippen molar-refractivity contribution in [2.75, 3.05) is 6.54 Å². The largest absolute Gasteiger partial charge is 0.330 e. The van der Waals surface area contributed by atoms with Crippen LogP contribution in [-0.4, -0.2) is 12.3 Å². The van der Waals surface area contributed by atoms with Gasteiger partial charge in [0.25, 0.3) is 0 Å². The molecule has 1 aliphatic rings. The summed E-state index contributed by atoms with van der Waals surface area (Å²) in [6, 6.07) is 0. The second-order valence-corrected chi connectivity index (χ2v) is 2.68. The first kappa shape index (κ1) is 8.21. The van der Waals surface area contributed by atoms with Gasteiger partial charge in [0.2, 0.25) is 0 Å². The van der Waals surface area contributed by atoms with E-state index >= 15 is 0 Å². The molecule has 0 aromatic heterocycles. The van der Waals surface area contributed by atoms with E-state index in [-0.39, 0.29) is 5.78 Å². The maximum absolute atomic E-state index is 10.7. The maximum atomic E-state index is 10.7. The van der Waals surface area contributed by atoms with Crippen LogP contribution in [0.1, 0.15) is 19.3 Å². The Morgan fingerprint density at radius 1 is 1.45 bits per heavy atom. The van der Waals surface area contributed by atoms with Crippen LogP contribution in [0.5, 0.6) is 0 Å². The molecule has 0 atom stereocenters. The number of hydrogen-bond acceptors (Lipinski definition) is 2. The van der Waals surface area contributed by atoms with E-state index < -0.39 is 0 Å². The summed E-state index contributed by atoms with van der Waals surface area (Å²) in [5, 5.41) is 0. The molecule has 2 heteroatoms. The molecule has 0 aromatic rings. The normalized spacial score (nSPS) is 16.8. The summed E-state index contributed by atoms with van der Waals surface area (Å²) in [5.41, 5.74) is 6.60. The van der Waals surface area contributed by atoms with E-state index in [4.69, 9.17) is 5.73 Å². The SMILES string of the molecule is NCCCC1=CCC(=O)C=C1. The third-order valence-corrected chi connectivity index (χ3v) is 1.72. The summed E-state index contributed by atoms with van der Waals surface area (Å²) in [6.07, 6.45) is 8.09. The third kappa shape index (κ3) is 2.68. The molecule has 0 aromatic carbocycles. The van der Waals surface area contributed by atoms with Crippen LogP contribution in [0.15, 0.2) is 23.8 Å². The number of nitrogens with two attached hydrogens (primary N) is 1. The van der Waals surface area contributed by atoms with Crippen molar-refractivity contribution in [2.24, 2.45) is 5.73 Å². The van der Waals surface area contributed by atoms with E-state index in [1.165, 1.54) is 5.57 Å². The van der Waals surface area contributed by atoms with Crippen LogP contribution in [0.2, 0.25) is 0 Å². The fraction of sp³-hybridized carbons (Fsp3) is 0.444. The Morgan fingerprint density at radius 3 is 2.82 bits per heavy atom. The number of carbonyl (C=O) groups excluding carboxylic acids is 1. The van der Waals surface area contributed by atoms with Crippen molar-refractivity contribution in [3.05, 3.63) is 23.8 Å². The molecular weight excluding hydrogens is 138 g/mol. The first-order valence-electron chi connectivity index (χ1n) is 3.93. The van der Waals surface area contributed by atoms with Crippen molar-refractivity contribution in [1.29, 1.82) is 0 Å². The Balaban J connectivity index is 2.37. The van der Waals surface area contributed by atoms with Gasteiger partial charge in [-0.15, -0.1) is 0 Å². The van der Waals surface area contributed by atoms with Crippen LogP contribution < -0.4 is 5.73 Å². The van der Waals surface area contributed by atoms with Crippen LogP contribution in [-0.2, 0) is 4.79 Å². The minimum absolute atomic E-state index is 0.196. The number of allylic oxidation sites excluding steroid dienone is 4. The van der Waals surface area contributed by atoms with Gasteiger partial charge in [-0.05, 0) is 25.5 Å². The van der Waals surface area contributed by atoms with Gasteiger partial charge in [0.1, 0.15) is 0 Å². The van der Waals surface area contributed by atoms with Crippen LogP contribution in [0.4, 0.5) is 0 Å².